The van der Waals surface area contributed by atoms with Gasteiger partial charge in [0.1, 0.15) is 12.2 Å². The summed E-state index contributed by atoms with van der Waals surface area (Å²) in [6, 6.07) is 3.29. The van der Waals surface area contributed by atoms with Crippen LogP contribution in [0, 0.1) is 5.92 Å². The molecular formula is C13H18N2O4. The van der Waals surface area contributed by atoms with Crippen LogP contribution in [0.3, 0.4) is 0 Å². The molecular weight excluding hydrogens is 248 g/mol. The Bertz CT molecular complexity index is 481. The number of amides is 1. The first kappa shape index (κ1) is 13.6. The fourth-order valence-corrected chi connectivity index (χ4v) is 2.42. The molecule has 1 amide bonds. The van der Waals surface area contributed by atoms with Gasteiger partial charge in [0.05, 0.1) is 6.10 Å². The minimum absolute atomic E-state index is 0.104. The van der Waals surface area contributed by atoms with E-state index in [1.54, 1.807) is 30.2 Å². The van der Waals surface area contributed by atoms with Gasteiger partial charge in [0.15, 0.2) is 0 Å². The number of hydrogen-bond donors (Lipinski definition) is 2. The number of carbonyl (C=O) groups excluding carboxylic acids is 1. The first-order valence-electron chi connectivity index (χ1n) is 6.33. The van der Waals surface area contributed by atoms with Crippen LogP contribution in [0.4, 0.5) is 0 Å². The molecule has 6 nitrogen and oxygen atoms in total. The number of aliphatic hydroxyl groups excluding tert-OH is 1. The maximum absolute atomic E-state index is 12.3. The summed E-state index contributed by atoms with van der Waals surface area (Å²) in [6.07, 6.45) is 1.94. The van der Waals surface area contributed by atoms with Crippen molar-refractivity contribution in [2.45, 2.75) is 26.0 Å². The molecule has 2 unspecified atom stereocenters. The molecule has 2 atom stereocenters. The van der Waals surface area contributed by atoms with Crippen molar-refractivity contribution in [1.29, 1.82) is 0 Å². The predicted octanol–water partition coefficient (Wildman–Crippen LogP) is 0.416. The van der Waals surface area contributed by atoms with Gasteiger partial charge >= 0.3 is 5.97 Å². The van der Waals surface area contributed by atoms with Gasteiger partial charge in [0.2, 0.25) is 0 Å². The van der Waals surface area contributed by atoms with Gasteiger partial charge in [-0.25, -0.2) is 0 Å². The molecule has 1 fully saturated rings. The zero-order valence-corrected chi connectivity index (χ0v) is 10.8. The molecule has 1 aromatic rings. The van der Waals surface area contributed by atoms with E-state index in [-0.39, 0.29) is 18.4 Å². The van der Waals surface area contributed by atoms with E-state index >= 15 is 0 Å². The van der Waals surface area contributed by atoms with E-state index < -0.39 is 12.1 Å². The molecule has 19 heavy (non-hydrogen) atoms. The minimum Gasteiger partial charge on any atom is -0.480 e. The zero-order valence-electron chi connectivity index (χ0n) is 10.8. The number of nitrogens with zero attached hydrogens (tertiary/aromatic N) is 2. The lowest BCUT2D eigenvalue weighted by atomic mass is 10.0. The highest BCUT2D eigenvalue weighted by molar-refractivity contribution is 5.93. The standard InChI is InChI=1S/C13H18N2O4/c1-9(16)10-4-6-15(7-10)13(19)11-3-2-5-14(11)8-12(17)18/h2-3,5,9-10,16H,4,6-8H2,1H3,(H,17,18). The van der Waals surface area contributed by atoms with E-state index in [2.05, 4.69) is 0 Å². The van der Waals surface area contributed by atoms with Crippen molar-refractivity contribution >= 4 is 11.9 Å². The van der Waals surface area contributed by atoms with Crippen molar-refractivity contribution in [3.05, 3.63) is 24.0 Å². The van der Waals surface area contributed by atoms with Crippen LogP contribution < -0.4 is 0 Å². The van der Waals surface area contributed by atoms with Gasteiger partial charge in [-0.1, -0.05) is 0 Å². The molecule has 2 rings (SSSR count). The van der Waals surface area contributed by atoms with Crippen molar-refractivity contribution < 1.29 is 19.8 Å². The summed E-state index contributed by atoms with van der Waals surface area (Å²) in [5, 5.41) is 18.3. The molecule has 0 bridgehead atoms. The van der Waals surface area contributed by atoms with Crippen LogP contribution in [-0.4, -0.2) is 50.8 Å². The summed E-state index contributed by atoms with van der Waals surface area (Å²) in [5.74, 6) is -1.05. The van der Waals surface area contributed by atoms with Crippen molar-refractivity contribution in [2.75, 3.05) is 13.1 Å². The number of rotatable bonds is 4. The smallest absolute Gasteiger partial charge is 0.323 e. The molecule has 1 saturated heterocycles. The molecule has 0 radical (unpaired) electrons. The first-order chi connectivity index (χ1) is 8.99. The van der Waals surface area contributed by atoms with Crippen LogP contribution >= 0.6 is 0 Å². The molecule has 1 aromatic heterocycles. The Hall–Kier alpha value is -1.82. The highest BCUT2D eigenvalue weighted by Gasteiger charge is 2.30. The third kappa shape index (κ3) is 2.96. The second-order valence-corrected chi connectivity index (χ2v) is 4.96. The van der Waals surface area contributed by atoms with Gasteiger partial charge in [-0.15, -0.1) is 0 Å². The summed E-state index contributed by atoms with van der Waals surface area (Å²) in [5.41, 5.74) is 0.383. The SMILES string of the molecule is CC(O)C1CCN(C(=O)c2cccn2CC(=O)O)C1. The fourth-order valence-electron chi connectivity index (χ4n) is 2.42. The number of carboxylic acid groups (broad SMARTS) is 1. The number of aliphatic carboxylic acids is 1. The summed E-state index contributed by atoms with van der Waals surface area (Å²) in [7, 11) is 0. The minimum atomic E-state index is -0.978. The van der Waals surface area contributed by atoms with Crippen molar-refractivity contribution in [3.8, 4) is 0 Å². The van der Waals surface area contributed by atoms with E-state index in [1.165, 1.54) is 4.57 Å². The van der Waals surface area contributed by atoms with E-state index in [0.29, 0.717) is 18.8 Å². The maximum atomic E-state index is 12.3. The second kappa shape index (κ2) is 5.44. The molecule has 104 valence electrons. The average molecular weight is 266 g/mol. The van der Waals surface area contributed by atoms with Gasteiger partial charge in [-0.05, 0) is 25.5 Å². The Morgan fingerprint density at radius 2 is 2.26 bits per heavy atom. The van der Waals surface area contributed by atoms with Crippen LogP contribution in [0.2, 0.25) is 0 Å². The third-order valence-corrected chi connectivity index (χ3v) is 3.55. The number of carboxylic acids is 1. The van der Waals surface area contributed by atoms with Crippen LogP contribution in [0.1, 0.15) is 23.8 Å². The molecule has 1 aliphatic heterocycles. The Balaban J connectivity index is 2.08. The normalized spacial score (nSPS) is 20.5. The summed E-state index contributed by atoms with van der Waals surface area (Å²) < 4.78 is 1.43. The highest BCUT2D eigenvalue weighted by Crippen LogP contribution is 2.21. The molecule has 6 heteroatoms. The number of likely N-dealkylation sites (tertiary alicyclic amines) is 1. The fraction of sp³-hybridized carbons (Fsp3) is 0.538. The van der Waals surface area contributed by atoms with Gasteiger partial charge in [0, 0.05) is 25.2 Å². The van der Waals surface area contributed by atoms with Crippen LogP contribution in [0.15, 0.2) is 18.3 Å². The quantitative estimate of drug-likeness (QED) is 0.827. The Kier molecular flexibility index (Phi) is 3.90. The monoisotopic (exact) mass is 266 g/mol. The van der Waals surface area contributed by atoms with Gasteiger partial charge < -0.3 is 19.7 Å². The van der Waals surface area contributed by atoms with Crippen molar-refractivity contribution in [1.82, 2.24) is 9.47 Å². The molecule has 1 aliphatic rings. The van der Waals surface area contributed by atoms with Gasteiger partial charge in [0.25, 0.3) is 5.91 Å². The lowest BCUT2D eigenvalue weighted by molar-refractivity contribution is -0.137. The number of carbonyl (C=O) groups is 2. The number of aromatic nitrogens is 1. The molecule has 0 spiro atoms. The van der Waals surface area contributed by atoms with Crippen LogP contribution in [0.5, 0.6) is 0 Å². The molecule has 2 heterocycles. The van der Waals surface area contributed by atoms with Gasteiger partial charge in [-0.2, -0.15) is 0 Å². The van der Waals surface area contributed by atoms with Crippen LogP contribution in [0.25, 0.3) is 0 Å². The number of hydrogen-bond acceptors (Lipinski definition) is 3. The zero-order chi connectivity index (χ0) is 14.0. The summed E-state index contributed by atoms with van der Waals surface area (Å²) in [4.78, 5) is 24.7. The lowest BCUT2D eigenvalue weighted by Gasteiger charge is -2.18. The van der Waals surface area contributed by atoms with Crippen LogP contribution in [-0.2, 0) is 11.3 Å². The highest BCUT2D eigenvalue weighted by atomic mass is 16.4. The topological polar surface area (TPSA) is 82.8 Å². The predicted molar refractivity (Wildman–Crippen MR) is 67.8 cm³/mol. The molecule has 0 aliphatic carbocycles. The molecule has 0 saturated carbocycles. The number of aliphatic hydroxyl groups is 1. The summed E-state index contributed by atoms with van der Waals surface area (Å²) >= 11 is 0. The lowest BCUT2D eigenvalue weighted by Crippen LogP contribution is -2.32. The van der Waals surface area contributed by atoms with Crippen molar-refractivity contribution in [2.24, 2.45) is 5.92 Å². The maximum Gasteiger partial charge on any atom is 0.323 e. The van der Waals surface area contributed by atoms with Gasteiger partial charge in [-0.3, -0.25) is 9.59 Å². The first-order valence-corrected chi connectivity index (χ1v) is 6.33. The van der Waals surface area contributed by atoms with E-state index in [1.807, 2.05) is 0 Å². The Morgan fingerprint density at radius 1 is 1.53 bits per heavy atom. The molecule has 0 aromatic carbocycles. The van der Waals surface area contributed by atoms with E-state index in [4.69, 9.17) is 5.11 Å². The largest absolute Gasteiger partial charge is 0.480 e. The average Bonchev–Trinajstić information content (AvgIpc) is 2.95. The second-order valence-electron chi connectivity index (χ2n) is 4.96. The molecule has 2 N–H and O–H groups in total. The van der Waals surface area contributed by atoms with E-state index in [0.717, 1.165) is 6.42 Å². The van der Waals surface area contributed by atoms with Crippen molar-refractivity contribution in [3.63, 3.8) is 0 Å². The van der Waals surface area contributed by atoms with E-state index in [9.17, 15) is 14.7 Å². The summed E-state index contributed by atoms with van der Waals surface area (Å²) in [6.45, 7) is 2.63. The Labute approximate surface area is 111 Å². The third-order valence-electron chi connectivity index (χ3n) is 3.55. The Morgan fingerprint density at radius 3 is 2.84 bits per heavy atom.